The molecule has 0 bridgehead atoms. The molecule has 1 fully saturated rings. The molecule has 0 unspecified atom stereocenters. The Bertz CT molecular complexity index is 1050. The molecular formula is C16H17N5O6. The van der Waals surface area contributed by atoms with Gasteiger partial charge in [0.1, 0.15) is 29.9 Å². The van der Waals surface area contributed by atoms with E-state index in [-0.39, 0.29) is 28.7 Å². The van der Waals surface area contributed by atoms with Gasteiger partial charge in [0.2, 0.25) is 5.95 Å². The first kappa shape index (κ1) is 17.4. The Morgan fingerprint density at radius 1 is 1.19 bits per heavy atom. The van der Waals surface area contributed by atoms with Gasteiger partial charge in [-0.2, -0.15) is 4.98 Å². The summed E-state index contributed by atoms with van der Waals surface area (Å²) >= 11 is 0. The van der Waals surface area contributed by atoms with Crippen molar-refractivity contribution in [1.29, 1.82) is 0 Å². The van der Waals surface area contributed by atoms with E-state index in [0.717, 1.165) is 0 Å². The number of phenolic OH excluding ortho intramolecular Hbond substituents is 1. The number of aromatic nitrogens is 4. The number of phenols is 1. The van der Waals surface area contributed by atoms with E-state index in [4.69, 9.17) is 10.5 Å². The van der Waals surface area contributed by atoms with Gasteiger partial charge in [0.15, 0.2) is 17.4 Å². The van der Waals surface area contributed by atoms with Crippen LogP contribution in [-0.2, 0) is 4.74 Å². The smallest absolute Gasteiger partial charge is 0.280 e. The highest BCUT2D eigenvalue weighted by Crippen LogP contribution is 2.35. The molecule has 0 aliphatic carbocycles. The molecule has 2 aromatic heterocycles. The third-order valence-corrected chi connectivity index (χ3v) is 4.47. The third-order valence-electron chi connectivity index (χ3n) is 4.47. The molecule has 4 atom stereocenters. The Labute approximate surface area is 151 Å². The van der Waals surface area contributed by atoms with Crippen LogP contribution in [0.25, 0.3) is 22.6 Å². The van der Waals surface area contributed by atoms with Crippen molar-refractivity contribution in [3.05, 3.63) is 34.6 Å². The Kier molecular flexibility index (Phi) is 4.08. The van der Waals surface area contributed by atoms with E-state index >= 15 is 0 Å². The van der Waals surface area contributed by atoms with Crippen molar-refractivity contribution in [3.63, 3.8) is 0 Å². The number of nitrogens with zero attached hydrogens (tertiary/aromatic N) is 3. The van der Waals surface area contributed by atoms with E-state index in [9.17, 15) is 25.2 Å². The zero-order valence-corrected chi connectivity index (χ0v) is 13.9. The maximum atomic E-state index is 12.2. The number of aliphatic hydroxyl groups excluding tert-OH is 3. The summed E-state index contributed by atoms with van der Waals surface area (Å²) in [7, 11) is 0. The second kappa shape index (κ2) is 6.32. The zero-order valence-electron chi connectivity index (χ0n) is 13.9. The summed E-state index contributed by atoms with van der Waals surface area (Å²) in [4.78, 5) is 23.0. The number of benzene rings is 1. The molecular weight excluding hydrogens is 358 g/mol. The number of nitrogens with one attached hydrogen (secondary N) is 1. The Hall–Kier alpha value is -2.99. The van der Waals surface area contributed by atoms with E-state index < -0.39 is 36.7 Å². The number of H-pyrrole nitrogens is 1. The van der Waals surface area contributed by atoms with Crippen molar-refractivity contribution in [3.8, 4) is 17.1 Å². The van der Waals surface area contributed by atoms with Gasteiger partial charge < -0.3 is 30.9 Å². The van der Waals surface area contributed by atoms with Gasteiger partial charge in [0.05, 0.1) is 6.61 Å². The highest BCUT2D eigenvalue weighted by atomic mass is 16.6. The molecule has 27 heavy (non-hydrogen) atoms. The Morgan fingerprint density at radius 2 is 1.89 bits per heavy atom. The van der Waals surface area contributed by atoms with Gasteiger partial charge in [-0.1, -0.05) is 0 Å². The first-order chi connectivity index (χ1) is 12.9. The van der Waals surface area contributed by atoms with Crippen molar-refractivity contribution in [2.45, 2.75) is 24.5 Å². The van der Waals surface area contributed by atoms with Crippen LogP contribution in [0.1, 0.15) is 6.23 Å². The van der Waals surface area contributed by atoms with Crippen LogP contribution >= 0.6 is 0 Å². The quantitative estimate of drug-likeness (QED) is 0.324. The van der Waals surface area contributed by atoms with E-state index in [2.05, 4.69) is 15.0 Å². The highest BCUT2D eigenvalue weighted by molar-refractivity contribution is 5.77. The van der Waals surface area contributed by atoms with Crippen molar-refractivity contribution in [1.82, 2.24) is 19.5 Å². The van der Waals surface area contributed by atoms with Gasteiger partial charge >= 0.3 is 0 Å². The number of nitrogens with two attached hydrogens (primary N) is 1. The maximum Gasteiger partial charge on any atom is 0.280 e. The number of aromatic hydroxyl groups is 1. The van der Waals surface area contributed by atoms with Gasteiger partial charge in [-0.05, 0) is 24.3 Å². The van der Waals surface area contributed by atoms with Gasteiger partial charge in [-0.15, -0.1) is 0 Å². The van der Waals surface area contributed by atoms with Crippen molar-refractivity contribution in [2.75, 3.05) is 12.3 Å². The number of imidazole rings is 1. The predicted molar refractivity (Wildman–Crippen MR) is 92.7 cm³/mol. The molecule has 11 heteroatoms. The minimum atomic E-state index is -1.40. The summed E-state index contributed by atoms with van der Waals surface area (Å²) in [6.07, 6.45) is -4.93. The zero-order chi connectivity index (χ0) is 19.3. The fourth-order valence-electron chi connectivity index (χ4n) is 3.15. The van der Waals surface area contributed by atoms with Crippen molar-refractivity contribution >= 4 is 17.1 Å². The average Bonchev–Trinajstić information content (AvgIpc) is 3.14. The van der Waals surface area contributed by atoms with E-state index in [1.807, 2.05) is 0 Å². The standard InChI is InChI=1S/C16H17N5O6/c17-16-19-13-9(14(26)20-16)18-12(6-1-3-7(23)4-2-6)21(13)15-11(25)10(24)8(5-22)27-15/h1-4,8,10-11,15,22-25H,5H2,(H3,17,19,20,26)/t8-,10-,11-,15-/m1/s1. The van der Waals surface area contributed by atoms with Gasteiger partial charge in [0.25, 0.3) is 5.56 Å². The number of nitrogen functional groups attached to an aromatic ring is 1. The molecule has 1 saturated heterocycles. The van der Waals surface area contributed by atoms with Crippen LogP contribution in [-0.4, -0.2) is 64.9 Å². The van der Waals surface area contributed by atoms with Crippen LogP contribution in [0.15, 0.2) is 29.1 Å². The molecule has 0 amide bonds. The number of anilines is 1. The highest BCUT2D eigenvalue weighted by Gasteiger charge is 2.45. The maximum absolute atomic E-state index is 12.2. The first-order valence-electron chi connectivity index (χ1n) is 8.10. The van der Waals surface area contributed by atoms with E-state index in [1.165, 1.54) is 16.7 Å². The van der Waals surface area contributed by atoms with Gasteiger partial charge in [0, 0.05) is 5.56 Å². The van der Waals surface area contributed by atoms with Crippen LogP contribution in [0, 0.1) is 0 Å². The molecule has 3 heterocycles. The van der Waals surface area contributed by atoms with Crippen molar-refractivity contribution in [2.24, 2.45) is 0 Å². The number of ether oxygens (including phenoxy) is 1. The van der Waals surface area contributed by atoms with Crippen LogP contribution in [0.3, 0.4) is 0 Å². The molecule has 0 saturated carbocycles. The van der Waals surface area contributed by atoms with Crippen LogP contribution in [0.2, 0.25) is 0 Å². The molecule has 1 aliphatic heterocycles. The number of fused-ring (bicyclic) bond motifs is 1. The minimum Gasteiger partial charge on any atom is -0.508 e. The molecule has 1 aliphatic rings. The van der Waals surface area contributed by atoms with Gasteiger partial charge in [-0.25, -0.2) is 4.98 Å². The monoisotopic (exact) mass is 375 g/mol. The summed E-state index contributed by atoms with van der Waals surface area (Å²) in [6, 6.07) is 5.99. The topological polar surface area (TPSA) is 180 Å². The van der Waals surface area contributed by atoms with Crippen LogP contribution in [0.4, 0.5) is 5.95 Å². The number of hydrogen-bond acceptors (Lipinski definition) is 9. The molecule has 142 valence electrons. The second-order valence-electron chi connectivity index (χ2n) is 6.20. The Morgan fingerprint density at radius 3 is 2.52 bits per heavy atom. The molecule has 0 spiro atoms. The number of hydrogen-bond donors (Lipinski definition) is 6. The summed E-state index contributed by atoms with van der Waals surface area (Å²) in [5, 5.41) is 39.4. The van der Waals surface area contributed by atoms with E-state index in [0.29, 0.717) is 5.56 Å². The molecule has 1 aromatic carbocycles. The summed E-state index contributed by atoms with van der Waals surface area (Å²) < 4.78 is 6.93. The molecule has 11 nitrogen and oxygen atoms in total. The van der Waals surface area contributed by atoms with Gasteiger partial charge in [-0.3, -0.25) is 14.3 Å². The van der Waals surface area contributed by atoms with E-state index in [1.54, 1.807) is 12.1 Å². The molecule has 3 aromatic rings. The van der Waals surface area contributed by atoms with Crippen LogP contribution in [0.5, 0.6) is 5.75 Å². The molecule has 0 radical (unpaired) electrons. The SMILES string of the molecule is Nc1nc2c(nc(-c3ccc(O)cc3)n2[C@@H]2O[C@H](CO)[C@@H](O)[C@H]2O)c(=O)[nH]1. The lowest BCUT2D eigenvalue weighted by atomic mass is 10.1. The number of aromatic amines is 1. The van der Waals surface area contributed by atoms with Crippen LogP contribution < -0.4 is 11.3 Å². The third kappa shape index (κ3) is 2.73. The Balaban J connectivity index is 1.98. The molecule has 4 rings (SSSR count). The fraction of sp³-hybridized carbons (Fsp3) is 0.312. The summed E-state index contributed by atoms with van der Waals surface area (Å²) in [5.74, 6) is 0.0932. The summed E-state index contributed by atoms with van der Waals surface area (Å²) in [6.45, 7) is -0.508. The summed E-state index contributed by atoms with van der Waals surface area (Å²) in [5.41, 5.74) is 5.58. The normalized spacial score (nSPS) is 25.3. The average molecular weight is 375 g/mol. The minimum absolute atomic E-state index is 0.0366. The second-order valence-corrected chi connectivity index (χ2v) is 6.20. The lowest BCUT2D eigenvalue weighted by Gasteiger charge is -2.19. The lowest BCUT2D eigenvalue weighted by Crippen LogP contribution is -2.33. The largest absolute Gasteiger partial charge is 0.508 e. The van der Waals surface area contributed by atoms with Crippen molar-refractivity contribution < 1.29 is 25.2 Å². The lowest BCUT2D eigenvalue weighted by molar-refractivity contribution is -0.0503. The first-order valence-corrected chi connectivity index (χ1v) is 8.10. The molecule has 7 N–H and O–H groups in total. The predicted octanol–water partition coefficient (Wildman–Crippen LogP) is -1.31. The fourth-order valence-corrected chi connectivity index (χ4v) is 3.15. The number of aliphatic hydroxyl groups is 3. The number of rotatable bonds is 3.